The van der Waals surface area contributed by atoms with Crippen LogP contribution in [-0.4, -0.2) is 45.8 Å². The minimum absolute atomic E-state index is 0.0219. The van der Waals surface area contributed by atoms with Gasteiger partial charge < -0.3 is 18.9 Å². The molecule has 154 valence electrons. The van der Waals surface area contributed by atoms with Gasteiger partial charge in [0.05, 0.1) is 5.92 Å². The van der Waals surface area contributed by atoms with Gasteiger partial charge in [0.15, 0.2) is 11.4 Å². The van der Waals surface area contributed by atoms with Crippen molar-refractivity contribution < 1.29 is 23.7 Å². The normalized spacial score (nSPS) is 15.5. The third-order valence-corrected chi connectivity index (χ3v) is 5.21. The third kappa shape index (κ3) is 5.62. The highest BCUT2D eigenvalue weighted by Crippen LogP contribution is 2.44. The van der Waals surface area contributed by atoms with Crippen LogP contribution in [0.3, 0.4) is 0 Å². The lowest BCUT2D eigenvalue weighted by Crippen LogP contribution is -2.64. The van der Waals surface area contributed by atoms with E-state index in [0.29, 0.717) is 18.4 Å². The van der Waals surface area contributed by atoms with Crippen molar-refractivity contribution in [2.45, 2.75) is 83.7 Å². The number of Topliss-reactive ketones (excluding diaryl/α,β-unsaturated/α-hetero) is 1. The standard InChI is InChI=1S/C21H40O5/c1-9-11-12-13-14-15-18(19(22)17(3)4)20(23-5,16-10-2)21(24-6,25-7)26-8/h18H,3,9-16H2,1-2,4-8H3. The van der Waals surface area contributed by atoms with Crippen LogP contribution in [0.2, 0.25) is 0 Å². The van der Waals surface area contributed by atoms with Crippen LogP contribution in [0, 0.1) is 5.92 Å². The number of carbonyl (C=O) groups excluding carboxylic acids is 1. The highest BCUT2D eigenvalue weighted by atomic mass is 16.9. The monoisotopic (exact) mass is 372 g/mol. The van der Waals surface area contributed by atoms with Crippen LogP contribution in [0.5, 0.6) is 0 Å². The lowest BCUT2D eigenvalue weighted by Gasteiger charge is -2.49. The van der Waals surface area contributed by atoms with Crippen LogP contribution >= 0.6 is 0 Å². The van der Waals surface area contributed by atoms with Crippen LogP contribution < -0.4 is 0 Å². The molecule has 0 radical (unpaired) electrons. The van der Waals surface area contributed by atoms with Gasteiger partial charge >= 0.3 is 5.97 Å². The summed E-state index contributed by atoms with van der Waals surface area (Å²) >= 11 is 0. The maximum Gasteiger partial charge on any atom is 0.313 e. The van der Waals surface area contributed by atoms with Gasteiger partial charge in [-0.1, -0.05) is 59.0 Å². The Morgan fingerprint density at radius 2 is 1.42 bits per heavy atom. The molecule has 5 nitrogen and oxygen atoms in total. The van der Waals surface area contributed by atoms with Crippen LogP contribution in [0.15, 0.2) is 12.2 Å². The SMILES string of the molecule is C=C(C)C(=O)C(CCCCCCC)C(CCC)(OC)C(OC)(OC)OC. The summed E-state index contributed by atoms with van der Waals surface area (Å²) in [5.41, 5.74) is -0.542. The van der Waals surface area contributed by atoms with Crippen molar-refractivity contribution in [3.05, 3.63) is 12.2 Å². The summed E-state index contributed by atoms with van der Waals surface area (Å²) in [6, 6.07) is 0. The lowest BCUT2D eigenvalue weighted by atomic mass is 9.74. The van der Waals surface area contributed by atoms with Crippen molar-refractivity contribution in [3.63, 3.8) is 0 Å². The Hall–Kier alpha value is -0.750. The number of hydrogen-bond donors (Lipinski definition) is 0. The molecular weight excluding hydrogens is 332 g/mol. The van der Waals surface area contributed by atoms with Crippen molar-refractivity contribution in [1.29, 1.82) is 0 Å². The fraction of sp³-hybridized carbons (Fsp3) is 0.857. The molecule has 0 rings (SSSR count). The first kappa shape index (κ1) is 25.2. The molecule has 0 amide bonds. The van der Waals surface area contributed by atoms with Gasteiger partial charge in [0.2, 0.25) is 0 Å². The quantitative estimate of drug-likeness (QED) is 0.219. The molecule has 2 unspecified atom stereocenters. The molecule has 0 bridgehead atoms. The number of ether oxygens (including phenoxy) is 4. The average molecular weight is 373 g/mol. The summed E-state index contributed by atoms with van der Waals surface area (Å²) in [6.07, 6.45) is 7.63. The lowest BCUT2D eigenvalue weighted by molar-refractivity contribution is -0.431. The first-order valence-corrected chi connectivity index (χ1v) is 9.76. The Morgan fingerprint density at radius 1 is 0.885 bits per heavy atom. The van der Waals surface area contributed by atoms with Gasteiger partial charge in [-0.15, -0.1) is 0 Å². The number of rotatable bonds is 16. The predicted molar refractivity (Wildman–Crippen MR) is 105 cm³/mol. The zero-order valence-electron chi connectivity index (χ0n) is 18.0. The van der Waals surface area contributed by atoms with E-state index in [4.69, 9.17) is 18.9 Å². The second-order valence-corrected chi connectivity index (χ2v) is 6.91. The van der Waals surface area contributed by atoms with Crippen molar-refractivity contribution in [3.8, 4) is 0 Å². The second-order valence-electron chi connectivity index (χ2n) is 6.91. The van der Waals surface area contributed by atoms with Crippen molar-refractivity contribution in [1.82, 2.24) is 0 Å². The van der Waals surface area contributed by atoms with E-state index in [2.05, 4.69) is 13.5 Å². The zero-order valence-corrected chi connectivity index (χ0v) is 18.0. The molecule has 0 saturated heterocycles. The maximum absolute atomic E-state index is 13.1. The highest BCUT2D eigenvalue weighted by molar-refractivity contribution is 5.96. The summed E-state index contributed by atoms with van der Waals surface area (Å²) in [6.45, 7) is 9.85. The van der Waals surface area contributed by atoms with E-state index in [-0.39, 0.29) is 5.78 Å². The molecule has 0 fully saturated rings. The minimum Gasteiger partial charge on any atom is -0.369 e. The van der Waals surface area contributed by atoms with Crippen LogP contribution in [0.4, 0.5) is 0 Å². The van der Waals surface area contributed by atoms with E-state index < -0.39 is 17.5 Å². The third-order valence-electron chi connectivity index (χ3n) is 5.21. The number of unbranched alkanes of at least 4 members (excludes halogenated alkanes) is 4. The number of allylic oxidation sites excluding steroid dienone is 1. The van der Waals surface area contributed by atoms with Gasteiger partial charge in [-0.25, -0.2) is 0 Å². The van der Waals surface area contributed by atoms with Gasteiger partial charge in [-0.3, -0.25) is 4.79 Å². The number of methoxy groups -OCH3 is 4. The largest absolute Gasteiger partial charge is 0.369 e. The van der Waals surface area contributed by atoms with Crippen molar-refractivity contribution in [2.75, 3.05) is 28.4 Å². The highest BCUT2D eigenvalue weighted by Gasteiger charge is 2.60. The number of ketones is 1. The molecule has 0 aromatic heterocycles. The molecule has 0 aromatic carbocycles. The van der Waals surface area contributed by atoms with Crippen LogP contribution in [0.1, 0.15) is 72.1 Å². The average Bonchev–Trinajstić information content (AvgIpc) is 2.65. The Balaban J connectivity index is 5.92. The fourth-order valence-corrected chi connectivity index (χ4v) is 3.88. The number of carbonyl (C=O) groups is 1. The van der Waals surface area contributed by atoms with E-state index >= 15 is 0 Å². The summed E-state index contributed by atoms with van der Waals surface area (Å²) in [7, 11) is 6.14. The predicted octanol–water partition coefficient (Wildman–Crippen LogP) is 4.89. The second kappa shape index (κ2) is 12.6. The zero-order chi connectivity index (χ0) is 20.2. The molecule has 0 aliphatic rings. The molecule has 0 aliphatic heterocycles. The molecular formula is C21H40O5. The van der Waals surface area contributed by atoms with E-state index in [1.54, 1.807) is 14.0 Å². The van der Waals surface area contributed by atoms with Gasteiger partial charge in [-0.05, 0) is 25.3 Å². The molecule has 5 heteroatoms. The smallest absolute Gasteiger partial charge is 0.313 e. The first-order valence-electron chi connectivity index (χ1n) is 9.76. The molecule has 26 heavy (non-hydrogen) atoms. The van der Waals surface area contributed by atoms with Gasteiger partial charge in [0.25, 0.3) is 0 Å². The molecule has 0 heterocycles. The fourth-order valence-electron chi connectivity index (χ4n) is 3.88. The van der Waals surface area contributed by atoms with E-state index in [0.717, 1.165) is 19.3 Å². The van der Waals surface area contributed by atoms with Crippen LogP contribution in [0.25, 0.3) is 0 Å². The molecule has 0 saturated carbocycles. The Kier molecular flexibility index (Phi) is 12.2. The Labute approximate surface area is 160 Å². The molecule has 0 spiro atoms. The first-order chi connectivity index (χ1) is 12.4. The topological polar surface area (TPSA) is 54.0 Å². The summed E-state index contributed by atoms with van der Waals surface area (Å²) in [5.74, 6) is -1.94. The molecule has 0 N–H and O–H groups in total. The van der Waals surface area contributed by atoms with E-state index in [9.17, 15) is 4.79 Å². The minimum atomic E-state index is -1.46. The Bertz CT molecular complexity index is 408. The number of hydrogen-bond acceptors (Lipinski definition) is 5. The van der Waals surface area contributed by atoms with Crippen molar-refractivity contribution in [2.24, 2.45) is 5.92 Å². The van der Waals surface area contributed by atoms with Gasteiger partial charge in [-0.2, -0.15) is 0 Å². The summed E-state index contributed by atoms with van der Waals surface area (Å²) in [4.78, 5) is 13.1. The summed E-state index contributed by atoms with van der Waals surface area (Å²) < 4.78 is 22.9. The molecule has 0 aromatic rings. The van der Waals surface area contributed by atoms with Gasteiger partial charge in [0.1, 0.15) is 0 Å². The molecule has 2 atom stereocenters. The van der Waals surface area contributed by atoms with E-state index in [1.165, 1.54) is 40.6 Å². The van der Waals surface area contributed by atoms with Crippen molar-refractivity contribution >= 4 is 5.78 Å². The van der Waals surface area contributed by atoms with Gasteiger partial charge in [0, 0.05) is 28.4 Å². The molecule has 0 aliphatic carbocycles. The van der Waals surface area contributed by atoms with E-state index in [1.807, 2.05) is 6.92 Å². The maximum atomic E-state index is 13.1. The van der Waals surface area contributed by atoms with Crippen LogP contribution in [-0.2, 0) is 23.7 Å². The Morgan fingerprint density at radius 3 is 1.81 bits per heavy atom. The summed E-state index contributed by atoms with van der Waals surface area (Å²) in [5, 5.41) is 0.